The number of rotatable bonds is 3. The summed E-state index contributed by atoms with van der Waals surface area (Å²) in [5.74, 6) is 0.180. The minimum atomic E-state index is -0.334. The lowest BCUT2D eigenvalue weighted by atomic mass is 10.2. The Morgan fingerprint density at radius 2 is 2.19 bits per heavy atom. The molecule has 0 saturated heterocycles. The van der Waals surface area contributed by atoms with Gasteiger partial charge in [0.05, 0.1) is 5.60 Å². The van der Waals surface area contributed by atoms with E-state index in [0.717, 1.165) is 0 Å². The second-order valence-corrected chi connectivity index (χ2v) is 4.68. The molecule has 1 aromatic rings. The summed E-state index contributed by atoms with van der Waals surface area (Å²) in [6.45, 7) is 5.66. The maximum Gasteiger partial charge on any atom is 0.251 e. The molecule has 1 aromatic heterocycles. The molecule has 0 unspecified atom stereocenters. The third-order valence-electron chi connectivity index (χ3n) is 1.62. The summed E-state index contributed by atoms with van der Waals surface area (Å²) in [6, 6.07) is 5.03. The predicted molar refractivity (Wildman–Crippen MR) is 63.6 cm³/mol. The Morgan fingerprint density at radius 1 is 1.50 bits per heavy atom. The highest BCUT2D eigenvalue weighted by Crippen LogP contribution is 2.10. The van der Waals surface area contributed by atoms with E-state index in [4.69, 9.17) is 16.3 Å². The number of aromatic nitrogens is 1. The number of anilines is 1. The van der Waals surface area contributed by atoms with Crippen LogP contribution >= 0.6 is 11.6 Å². The molecule has 0 saturated carbocycles. The molecular formula is C11H15ClN2O2. The minimum absolute atomic E-state index is 0.00229. The van der Waals surface area contributed by atoms with Gasteiger partial charge in [0, 0.05) is 0 Å². The van der Waals surface area contributed by atoms with Gasteiger partial charge in [0.25, 0.3) is 5.91 Å². The van der Waals surface area contributed by atoms with Gasteiger partial charge in [-0.2, -0.15) is 0 Å². The molecule has 0 aliphatic rings. The highest BCUT2D eigenvalue weighted by Gasteiger charge is 2.13. The second kappa shape index (κ2) is 5.27. The van der Waals surface area contributed by atoms with Crippen molar-refractivity contribution in [3.8, 4) is 0 Å². The summed E-state index contributed by atoms with van der Waals surface area (Å²) in [5.41, 5.74) is -0.334. The molecule has 88 valence electrons. The zero-order chi connectivity index (χ0) is 12.2. The molecule has 0 aliphatic carbocycles. The Hall–Kier alpha value is -1.13. The van der Waals surface area contributed by atoms with Crippen LogP contribution < -0.4 is 5.32 Å². The number of amides is 1. The smallest absolute Gasteiger partial charge is 0.251 e. The fourth-order valence-electron chi connectivity index (χ4n) is 0.939. The molecule has 0 spiro atoms. The molecule has 1 N–H and O–H groups in total. The first kappa shape index (κ1) is 12.9. The van der Waals surface area contributed by atoms with Gasteiger partial charge in [-0.3, -0.25) is 4.79 Å². The van der Waals surface area contributed by atoms with Crippen molar-refractivity contribution in [3.05, 3.63) is 23.4 Å². The van der Waals surface area contributed by atoms with E-state index < -0.39 is 0 Å². The molecule has 16 heavy (non-hydrogen) atoms. The van der Waals surface area contributed by atoms with Gasteiger partial charge in [-0.15, -0.1) is 0 Å². The van der Waals surface area contributed by atoms with Crippen LogP contribution in [0.2, 0.25) is 5.15 Å². The van der Waals surface area contributed by atoms with E-state index >= 15 is 0 Å². The predicted octanol–water partition coefficient (Wildman–Crippen LogP) is 2.49. The molecule has 1 heterocycles. The van der Waals surface area contributed by atoms with Crippen LogP contribution in [0.3, 0.4) is 0 Å². The van der Waals surface area contributed by atoms with E-state index in [2.05, 4.69) is 10.3 Å². The lowest BCUT2D eigenvalue weighted by Crippen LogP contribution is -2.27. The molecule has 0 aliphatic heterocycles. The fraction of sp³-hybridized carbons (Fsp3) is 0.455. The van der Waals surface area contributed by atoms with E-state index in [1.165, 1.54) is 0 Å². The molecule has 0 aromatic carbocycles. The van der Waals surface area contributed by atoms with Gasteiger partial charge in [0.1, 0.15) is 17.6 Å². The molecular weight excluding hydrogens is 228 g/mol. The number of pyridine rings is 1. The fourth-order valence-corrected chi connectivity index (χ4v) is 1.10. The van der Waals surface area contributed by atoms with Crippen molar-refractivity contribution in [3.63, 3.8) is 0 Å². The third kappa shape index (κ3) is 5.09. The van der Waals surface area contributed by atoms with Gasteiger partial charge in [-0.25, -0.2) is 4.98 Å². The number of ether oxygens (including phenoxy) is 1. The number of hydrogen-bond acceptors (Lipinski definition) is 3. The van der Waals surface area contributed by atoms with Crippen LogP contribution in [-0.4, -0.2) is 23.1 Å². The Labute approximate surface area is 100.0 Å². The summed E-state index contributed by atoms with van der Waals surface area (Å²) in [7, 11) is 0. The monoisotopic (exact) mass is 242 g/mol. The highest BCUT2D eigenvalue weighted by molar-refractivity contribution is 6.29. The zero-order valence-electron chi connectivity index (χ0n) is 9.58. The summed E-state index contributed by atoms with van der Waals surface area (Å²) in [5, 5.41) is 2.94. The van der Waals surface area contributed by atoms with Crippen molar-refractivity contribution in [2.75, 3.05) is 11.9 Å². The van der Waals surface area contributed by atoms with Gasteiger partial charge in [-0.05, 0) is 32.9 Å². The molecule has 5 heteroatoms. The average Bonchev–Trinajstić information content (AvgIpc) is 2.14. The van der Waals surface area contributed by atoms with Gasteiger partial charge in [0.2, 0.25) is 0 Å². The van der Waals surface area contributed by atoms with Crippen LogP contribution in [0.5, 0.6) is 0 Å². The lowest BCUT2D eigenvalue weighted by molar-refractivity contribution is -0.125. The van der Waals surface area contributed by atoms with E-state index in [9.17, 15) is 4.79 Å². The van der Waals surface area contributed by atoms with E-state index in [0.29, 0.717) is 11.0 Å². The Morgan fingerprint density at radius 3 is 2.75 bits per heavy atom. The number of halogens is 1. The van der Waals surface area contributed by atoms with Gasteiger partial charge in [-0.1, -0.05) is 17.7 Å². The minimum Gasteiger partial charge on any atom is -0.366 e. The van der Waals surface area contributed by atoms with E-state index in [1.54, 1.807) is 18.2 Å². The first-order valence-electron chi connectivity index (χ1n) is 4.93. The SMILES string of the molecule is CC(C)(C)OCC(=O)Nc1cccc(Cl)n1. The molecule has 0 bridgehead atoms. The second-order valence-electron chi connectivity index (χ2n) is 4.29. The Bertz CT molecular complexity index is 374. The van der Waals surface area contributed by atoms with Crippen molar-refractivity contribution >= 4 is 23.3 Å². The quantitative estimate of drug-likeness (QED) is 0.829. The van der Waals surface area contributed by atoms with Gasteiger partial charge in [0.15, 0.2) is 0 Å². The largest absolute Gasteiger partial charge is 0.366 e. The van der Waals surface area contributed by atoms with Crippen LogP contribution in [0.1, 0.15) is 20.8 Å². The number of carbonyl (C=O) groups is 1. The van der Waals surface area contributed by atoms with Crippen molar-refractivity contribution in [1.29, 1.82) is 0 Å². The van der Waals surface area contributed by atoms with Crippen molar-refractivity contribution in [1.82, 2.24) is 4.98 Å². The zero-order valence-corrected chi connectivity index (χ0v) is 10.3. The molecule has 0 radical (unpaired) electrons. The topological polar surface area (TPSA) is 51.2 Å². The number of hydrogen-bond donors (Lipinski definition) is 1. The molecule has 4 nitrogen and oxygen atoms in total. The molecule has 1 amide bonds. The van der Waals surface area contributed by atoms with Crippen molar-refractivity contribution in [2.45, 2.75) is 26.4 Å². The van der Waals surface area contributed by atoms with Crippen LogP contribution in [-0.2, 0) is 9.53 Å². The maximum atomic E-state index is 11.5. The lowest BCUT2D eigenvalue weighted by Gasteiger charge is -2.18. The maximum absolute atomic E-state index is 11.5. The first-order valence-corrected chi connectivity index (χ1v) is 5.31. The van der Waals surface area contributed by atoms with Crippen molar-refractivity contribution in [2.24, 2.45) is 0 Å². The first-order chi connectivity index (χ1) is 7.37. The highest BCUT2D eigenvalue weighted by atomic mass is 35.5. The number of nitrogens with zero attached hydrogens (tertiary/aromatic N) is 1. The summed E-state index contributed by atoms with van der Waals surface area (Å²) in [6.07, 6.45) is 0. The van der Waals surface area contributed by atoms with Gasteiger partial charge < -0.3 is 10.1 Å². The Kier molecular flexibility index (Phi) is 4.26. The van der Waals surface area contributed by atoms with Crippen LogP contribution in [0.25, 0.3) is 0 Å². The van der Waals surface area contributed by atoms with Gasteiger partial charge >= 0.3 is 0 Å². The van der Waals surface area contributed by atoms with Crippen molar-refractivity contribution < 1.29 is 9.53 Å². The summed E-state index contributed by atoms with van der Waals surface area (Å²) < 4.78 is 5.32. The average molecular weight is 243 g/mol. The van der Waals surface area contributed by atoms with Crippen LogP contribution in [0, 0.1) is 0 Å². The number of carbonyl (C=O) groups excluding carboxylic acids is 1. The Balaban J connectivity index is 2.46. The number of nitrogens with one attached hydrogen (secondary N) is 1. The summed E-state index contributed by atoms with van der Waals surface area (Å²) in [4.78, 5) is 15.4. The van der Waals surface area contributed by atoms with E-state index in [1.807, 2.05) is 20.8 Å². The van der Waals surface area contributed by atoms with E-state index in [-0.39, 0.29) is 18.1 Å². The molecule has 1 rings (SSSR count). The van der Waals surface area contributed by atoms with Crippen LogP contribution in [0.15, 0.2) is 18.2 Å². The molecule has 0 atom stereocenters. The van der Waals surface area contributed by atoms with Crippen LogP contribution in [0.4, 0.5) is 5.82 Å². The summed E-state index contributed by atoms with van der Waals surface area (Å²) >= 11 is 5.68. The molecule has 0 fully saturated rings. The third-order valence-corrected chi connectivity index (χ3v) is 1.83. The standard InChI is InChI=1S/C11H15ClN2O2/c1-11(2,3)16-7-10(15)14-9-6-4-5-8(12)13-9/h4-6H,7H2,1-3H3,(H,13,14,15). The normalized spacial score (nSPS) is 11.2.